The lowest BCUT2D eigenvalue weighted by Crippen LogP contribution is -2.23. The summed E-state index contributed by atoms with van der Waals surface area (Å²) in [6.07, 6.45) is 0. The molecule has 0 unspecified atom stereocenters. The Morgan fingerprint density at radius 3 is 2.22 bits per heavy atom. The van der Waals surface area contributed by atoms with E-state index in [1.54, 1.807) is 0 Å². The molecule has 0 saturated carbocycles. The van der Waals surface area contributed by atoms with Crippen LogP contribution in [0.15, 0.2) is 69.6 Å². The first-order valence-electron chi connectivity index (χ1n) is 9.18. The number of rotatable bonds is 0. The summed E-state index contributed by atoms with van der Waals surface area (Å²) in [7, 11) is 0. The molecule has 130 valence electrons. The minimum Gasteiger partial charge on any atom is -0.0537 e. The van der Waals surface area contributed by atoms with Crippen LogP contribution < -0.4 is 0 Å². The second-order valence-corrected chi connectivity index (χ2v) is 9.85. The molecule has 0 radical (unpaired) electrons. The number of benzene rings is 5. The SMILES string of the molecule is CC1(C)c2cc(Br)ccc2-c2ccc3ccc4c(Br)ccc5cc1c2c3c54. The van der Waals surface area contributed by atoms with E-state index >= 15 is 0 Å². The van der Waals surface area contributed by atoms with E-state index in [0.717, 1.165) is 8.95 Å². The van der Waals surface area contributed by atoms with E-state index in [9.17, 15) is 0 Å². The van der Waals surface area contributed by atoms with Gasteiger partial charge in [0, 0.05) is 14.4 Å². The number of hydrogen-bond acceptors (Lipinski definition) is 0. The zero-order valence-corrected chi connectivity index (χ0v) is 18.2. The molecule has 6 rings (SSSR count). The van der Waals surface area contributed by atoms with E-state index in [4.69, 9.17) is 0 Å². The second-order valence-electron chi connectivity index (χ2n) is 8.08. The molecule has 0 nitrogen and oxygen atoms in total. The molecule has 0 heterocycles. The van der Waals surface area contributed by atoms with Crippen molar-refractivity contribution in [3.63, 3.8) is 0 Å². The van der Waals surface area contributed by atoms with Crippen LogP contribution in [0.1, 0.15) is 25.0 Å². The van der Waals surface area contributed by atoms with Crippen molar-refractivity contribution < 1.29 is 0 Å². The van der Waals surface area contributed by atoms with Gasteiger partial charge in [-0.3, -0.25) is 0 Å². The first-order chi connectivity index (χ1) is 13.0. The van der Waals surface area contributed by atoms with Crippen LogP contribution >= 0.6 is 31.9 Å². The first kappa shape index (κ1) is 16.1. The third-order valence-electron chi connectivity index (χ3n) is 6.33. The quantitative estimate of drug-likeness (QED) is 0.197. The largest absolute Gasteiger partial charge is 0.0537 e. The van der Waals surface area contributed by atoms with E-state index in [2.05, 4.69) is 106 Å². The van der Waals surface area contributed by atoms with E-state index < -0.39 is 0 Å². The summed E-state index contributed by atoms with van der Waals surface area (Å²) in [4.78, 5) is 0. The zero-order chi connectivity index (χ0) is 18.5. The Bertz CT molecular complexity index is 1410. The maximum atomic E-state index is 3.76. The van der Waals surface area contributed by atoms with Crippen LogP contribution in [0, 0.1) is 0 Å². The van der Waals surface area contributed by atoms with Crippen LogP contribution in [0.3, 0.4) is 0 Å². The Morgan fingerprint density at radius 1 is 0.630 bits per heavy atom. The Morgan fingerprint density at radius 2 is 1.37 bits per heavy atom. The highest BCUT2D eigenvalue weighted by atomic mass is 79.9. The van der Waals surface area contributed by atoms with Gasteiger partial charge in [-0.05, 0) is 78.8 Å². The molecular weight excluding hydrogens is 460 g/mol. The Balaban J connectivity index is 1.95. The third-order valence-corrected chi connectivity index (χ3v) is 7.51. The topological polar surface area (TPSA) is 0 Å². The summed E-state index contributed by atoms with van der Waals surface area (Å²) in [5.41, 5.74) is 5.48. The first-order valence-corrected chi connectivity index (χ1v) is 10.8. The molecule has 0 aliphatic heterocycles. The molecule has 0 spiro atoms. The normalized spacial score (nSPS) is 15.0. The van der Waals surface area contributed by atoms with Gasteiger partial charge in [0.05, 0.1) is 0 Å². The van der Waals surface area contributed by atoms with Crippen molar-refractivity contribution in [2.75, 3.05) is 0 Å². The molecule has 0 aromatic heterocycles. The molecule has 0 saturated heterocycles. The van der Waals surface area contributed by atoms with E-state index in [1.165, 1.54) is 54.6 Å². The molecule has 0 amide bonds. The van der Waals surface area contributed by atoms with Crippen molar-refractivity contribution in [1.82, 2.24) is 0 Å². The molecule has 0 atom stereocenters. The lowest BCUT2D eigenvalue weighted by Gasteiger charge is -2.36. The maximum Gasteiger partial charge on any atom is 0.0254 e. The van der Waals surface area contributed by atoms with Crippen molar-refractivity contribution in [2.24, 2.45) is 0 Å². The smallest absolute Gasteiger partial charge is 0.0254 e. The highest BCUT2D eigenvalue weighted by Gasteiger charge is 2.34. The molecule has 0 bridgehead atoms. The second kappa shape index (κ2) is 5.12. The van der Waals surface area contributed by atoms with E-state index in [1.807, 2.05) is 0 Å². The van der Waals surface area contributed by atoms with Crippen LogP contribution in [0.5, 0.6) is 0 Å². The predicted octanol–water partition coefficient (Wildman–Crippen LogP) is 8.42. The fourth-order valence-corrected chi connectivity index (χ4v) is 5.84. The summed E-state index contributed by atoms with van der Waals surface area (Å²) < 4.78 is 2.30. The van der Waals surface area contributed by atoms with Crippen molar-refractivity contribution in [2.45, 2.75) is 19.3 Å². The molecule has 2 heteroatoms. The minimum absolute atomic E-state index is 0.0483. The average molecular weight is 476 g/mol. The number of hydrogen-bond donors (Lipinski definition) is 0. The fourth-order valence-electron chi connectivity index (χ4n) is 5.01. The Hall–Kier alpha value is -1.90. The molecule has 5 aromatic rings. The third kappa shape index (κ3) is 1.93. The van der Waals surface area contributed by atoms with Crippen LogP contribution in [-0.4, -0.2) is 0 Å². The van der Waals surface area contributed by atoms with Crippen molar-refractivity contribution in [3.05, 3.63) is 80.7 Å². The Kier molecular flexibility index (Phi) is 3.05. The maximum absolute atomic E-state index is 3.76. The minimum atomic E-state index is -0.0483. The molecule has 5 aromatic carbocycles. The zero-order valence-electron chi connectivity index (χ0n) is 15.0. The lowest BCUT2D eigenvalue weighted by atomic mass is 9.67. The predicted molar refractivity (Wildman–Crippen MR) is 123 cm³/mol. The van der Waals surface area contributed by atoms with Crippen molar-refractivity contribution in [3.8, 4) is 11.1 Å². The molecule has 27 heavy (non-hydrogen) atoms. The van der Waals surface area contributed by atoms with Crippen LogP contribution in [0.4, 0.5) is 0 Å². The van der Waals surface area contributed by atoms with Gasteiger partial charge in [-0.25, -0.2) is 0 Å². The molecule has 0 N–H and O–H groups in total. The van der Waals surface area contributed by atoms with E-state index in [-0.39, 0.29) is 5.41 Å². The van der Waals surface area contributed by atoms with Crippen LogP contribution in [0.2, 0.25) is 0 Å². The number of fused-ring (bicyclic) bond motifs is 2. The van der Waals surface area contributed by atoms with Gasteiger partial charge < -0.3 is 0 Å². The van der Waals surface area contributed by atoms with Gasteiger partial charge in [0.15, 0.2) is 0 Å². The van der Waals surface area contributed by atoms with Crippen molar-refractivity contribution in [1.29, 1.82) is 0 Å². The van der Waals surface area contributed by atoms with Gasteiger partial charge in [0.1, 0.15) is 0 Å². The molecule has 0 fully saturated rings. The molecule has 1 aliphatic rings. The fraction of sp³-hybridized carbons (Fsp3) is 0.120. The molecule has 1 aliphatic carbocycles. The van der Waals surface area contributed by atoms with E-state index in [0.29, 0.717) is 0 Å². The standard InChI is InChI=1S/C25H16Br2/c1-25(2)19-12-15(26)6-9-16(19)17-7-3-13-4-8-18-21(27)10-5-14-11-20(25)24(17)23(13)22(14)18/h3-12H,1-2H3. The molecular formula is C25H16Br2. The van der Waals surface area contributed by atoms with Gasteiger partial charge in [-0.1, -0.05) is 82.1 Å². The summed E-state index contributed by atoms with van der Waals surface area (Å²) in [5, 5.41) is 8.14. The summed E-state index contributed by atoms with van der Waals surface area (Å²) in [6.45, 7) is 4.71. The number of halogens is 2. The summed E-state index contributed by atoms with van der Waals surface area (Å²) in [5.74, 6) is 0. The van der Waals surface area contributed by atoms with Gasteiger partial charge in [0.2, 0.25) is 0 Å². The van der Waals surface area contributed by atoms with Crippen molar-refractivity contribution >= 4 is 64.2 Å². The van der Waals surface area contributed by atoms with Gasteiger partial charge in [-0.15, -0.1) is 0 Å². The van der Waals surface area contributed by atoms with Crippen LogP contribution in [0.25, 0.3) is 43.4 Å². The highest BCUT2D eigenvalue weighted by Crippen LogP contribution is 2.52. The van der Waals surface area contributed by atoms with Crippen LogP contribution in [-0.2, 0) is 5.41 Å². The summed E-state index contributed by atoms with van der Waals surface area (Å²) in [6, 6.07) is 22.7. The van der Waals surface area contributed by atoms with Gasteiger partial charge in [0.25, 0.3) is 0 Å². The monoisotopic (exact) mass is 474 g/mol. The average Bonchev–Trinajstić information content (AvgIpc) is 2.66. The summed E-state index contributed by atoms with van der Waals surface area (Å²) >= 11 is 7.44. The van der Waals surface area contributed by atoms with Gasteiger partial charge >= 0.3 is 0 Å². The lowest BCUT2D eigenvalue weighted by molar-refractivity contribution is 0.645. The van der Waals surface area contributed by atoms with Gasteiger partial charge in [-0.2, -0.15) is 0 Å². The highest BCUT2D eigenvalue weighted by molar-refractivity contribution is 9.11. The Labute approximate surface area is 174 Å².